The summed E-state index contributed by atoms with van der Waals surface area (Å²) in [7, 11) is 0. The summed E-state index contributed by atoms with van der Waals surface area (Å²) < 4.78 is 0. The topological polar surface area (TPSA) is 3.24 Å². The van der Waals surface area contributed by atoms with E-state index in [9.17, 15) is 0 Å². The highest BCUT2D eigenvalue weighted by atomic mass is 79.9. The first-order chi connectivity index (χ1) is 6.25. The molecule has 0 bridgehead atoms. The van der Waals surface area contributed by atoms with Crippen LogP contribution in [0.4, 0.5) is 0 Å². The lowest BCUT2D eigenvalue weighted by atomic mass is 9.94. The van der Waals surface area contributed by atoms with E-state index in [-0.39, 0.29) is 0 Å². The van der Waals surface area contributed by atoms with Gasteiger partial charge in [0.1, 0.15) is 0 Å². The molecule has 1 heterocycles. The average Bonchev–Trinajstić information content (AvgIpc) is 2.89. The Labute approximate surface area is 90.0 Å². The van der Waals surface area contributed by atoms with Gasteiger partial charge in [-0.3, -0.25) is 0 Å². The average molecular weight is 246 g/mol. The number of likely N-dealkylation sites (tertiary alicyclic amines) is 1. The Bertz CT molecular complexity index is 157. The predicted octanol–water partition coefficient (Wildman–Crippen LogP) is 2.89. The number of hydrogen-bond acceptors (Lipinski definition) is 1. The van der Waals surface area contributed by atoms with E-state index in [4.69, 9.17) is 0 Å². The molecule has 0 amide bonds. The van der Waals surface area contributed by atoms with Gasteiger partial charge in [0.2, 0.25) is 0 Å². The first kappa shape index (κ1) is 9.97. The summed E-state index contributed by atoms with van der Waals surface area (Å²) in [4.78, 5) is 3.39. The number of halogens is 1. The van der Waals surface area contributed by atoms with Crippen LogP contribution in [0.2, 0.25) is 0 Å². The van der Waals surface area contributed by atoms with Gasteiger partial charge in [0.05, 0.1) is 0 Å². The predicted molar refractivity (Wildman–Crippen MR) is 60.3 cm³/mol. The van der Waals surface area contributed by atoms with Crippen LogP contribution in [0.15, 0.2) is 0 Å². The van der Waals surface area contributed by atoms with Gasteiger partial charge >= 0.3 is 0 Å². The second-order valence-electron chi connectivity index (χ2n) is 4.76. The molecule has 0 spiro atoms. The summed E-state index contributed by atoms with van der Waals surface area (Å²) in [5.41, 5.74) is 0. The van der Waals surface area contributed by atoms with Crippen LogP contribution in [0.5, 0.6) is 0 Å². The molecule has 1 saturated heterocycles. The fraction of sp³-hybridized carbons (Fsp3) is 1.00. The van der Waals surface area contributed by atoms with E-state index >= 15 is 0 Å². The molecular formula is C11H20BrN. The maximum absolute atomic E-state index is 3.70. The van der Waals surface area contributed by atoms with Crippen molar-refractivity contribution in [1.82, 2.24) is 4.90 Å². The van der Waals surface area contributed by atoms with E-state index in [0.29, 0.717) is 0 Å². The van der Waals surface area contributed by atoms with Gasteiger partial charge in [-0.05, 0) is 50.6 Å². The smallest absolute Gasteiger partial charge is 0.0146 e. The Morgan fingerprint density at radius 2 is 1.85 bits per heavy atom. The molecule has 1 aliphatic carbocycles. The van der Waals surface area contributed by atoms with E-state index in [2.05, 4.69) is 27.8 Å². The highest BCUT2D eigenvalue weighted by Gasteiger charge is 2.27. The zero-order valence-electron chi connectivity index (χ0n) is 8.51. The summed E-state index contributed by atoms with van der Waals surface area (Å²) in [6.07, 6.45) is 5.79. The summed E-state index contributed by atoms with van der Waals surface area (Å²) in [6.45, 7) is 6.37. The number of piperidine rings is 1. The van der Waals surface area contributed by atoms with Crippen molar-refractivity contribution in [2.75, 3.05) is 19.6 Å². The minimum atomic E-state index is 0.718. The number of alkyl halides is 1. The summed E-state index contributed by atoms with van der Waals surface area (Å²) in [5, 5.41) is 0. The molecule has 76 valence electrons. The van der Waals surface area contributed by atoms with Gasteiger partial charge in [-0.25, -0.2) is 0 Å². The molecule has 2 aliphatic rings. The molecule has 1 nitrogen and oxygen atoms in total. The van der Waals surface area contributed by atoms with E-state index < -0.39 is 0 Å². The van der Waals surface area contributed by atoms with Gasteiger partial charge in [0, 0.05) is 11.4 Å². The van der Waals surface area contributed by atoms with Gasteiger partial charge in [0.25, 0.3) is 0 Å². The first-order valence-corrected chi connectivity index (χ1v) is 6.53. The lowest BCUT2D eigenvalue weighted by Crippen LogP contribution is -2.36. The Kier molecular flexibility index (Phi) is 3.31. The zero-order chi connectivity index (χ0) is 9.26. The minimum Gasteiger partial charge on any atom is -0.303 e. The Morgan fingerprint density at radius 1 is 1.23 bits per heavy atom. The van der Waals surface area contributed by atoms with Crippen LogP contribution in [0, 0.1) is 11.8 Å². The molecule has 2 fully saturated rings. The second kappa shape index (κ2) is 4.31. The van der Waals surface area contributed by atoms with Crippen LogP contribution in [0.3, 0.4) is 0 Å². The molecule has 0 radical (unpaired) electrons. The largest absolute Gasteiger partial charge is 0.303 e. The molecule has 2 heteroatoms. The summed E-state index contributed by atoms with van der Waals surface area (Å²) in [5.74, 6) is 1.99. The molecule has 0 N–H and O–H groups in total. The van der Waals surface area contributed by atoms with Crippen LogP contribution < -0.4 is 0 Å². The van der Waals surface area contributed by atoms with E-state index in [1.54, 1.807) is 0 Å². The van der Waals surface area contributed by atoms with Crippen molar-refractivity contribution in [2.45, 2.75) is 37.4 Å². The van der Waals surface area contributed by atoms with Crippen molar-refractivity contribution in [3.05, 3.63) is 0 Å². The van der Waals surface area contributed by atoms with Crippen molar-refractivity contribution in [3.63, 3.8) is 0 Å². The summed E-state index contributed by atoms with van der Waals surface area (Å²) in [6, 6.07) is 0. The van der Waals surface area contributed by atoms with Gasteiger partial charge in [-0.1, -0.05) is 22.9 Å². The van der Waals surface area contributed by atoms with Gasteiger partial charge < -0.3 is 4.90 Å². The van der Waals surface area contributed by atoms with Crippen LogP contribution in [-0.4, -0.2) is 29.4 Å². The second-order valence-corrected chi connectivity index (χ2v) is 6.20. The molecule has 0 aromatic heterocycles. The van der Waals surface area contributed by atoms with Crippen molar-refractivity contribution < 1.29 is 0 Å². The zero-order valence-corrected chi connectivity index (χ0v) is 10.1. The van der Waals surface area contributed by atoms with Crippen molar-refractivity contribution in [1.29, 1.82) is 0 Å². The molecular weight excluding hydrogens is 226 g/mol. The maximum atomic E-state index is 3.70. The Hall–Kier alpha value is 0.440. The molecule has 1 unspecified atom stereocenters. The quantitative estimate of drug-likeness (QED) is 0.692. The van der Waals surface area contributed by atoms with Gasteiger partial charge in [-0.15, -0.1) is 0 Å². The highest BCUT2D eigenvalue weighted by molar-refractivity contribution is 9.09. The van der Waals surface area contributed by atoms with E-state index in [1.165, 1.54) is 45.3 Å². The van der Waals surface area contributed by atoms with Gasteiger partial charge in [0.15, 0.2) is 0 Å². The molecule has 1 atom stereocenters. The fourth-order valence-electron chi connectivity index (χ4n) is 2.26. The standard InChI is InChI=1S/C11H20BrN/c1-9(12)11-4-6-13(7-5-11)8-10-2-3-10/h9-11H,2-8H2,1H3. The minimum absolute atomic E-state index is 0.718. The van der Waals surface area contributed by atoms with Crippen LogP contribution >= 0.6 is 15.9 Å². The molecule has 0 aromatic rings. The number of rotatable bonds is 3. The third kappa shape index (κ3) is 2.95. The van der Waals surface area contributed by atoms with Crippen molar-refractivity contribution >= 4 is 15.9 Å². The van der Waals surface area contributed by atoms with Crippen LogP contribution in [-0.2, 0) is 0 Å². The van der Waals surface area contributed by atoms with Crippen molar-refractivity contribution in [3.8, 4) is 0 Å². The summed E-state index contributed by atoms with van der Waals surface area (Å²) >= 11 is 3.70. The van der Waals surface area contributed by atoms with Gasteiger partial charge in [-0.2, -0.15) is 0 Å². The monoisotopic (exact) mass is 245 g/mol. The Morgan fingerprint density at radius 3 is 2.31 bits per heavy atom. The fourth-order valence-corrected chi connectivity index (χ4v) is 2.79. The molecule has 0 aromatic carbocycles. The molecule has 13 heavy (non-hydrogen) atoms. The maximum Gasteiger partial charge on any atom is 0.0146 e. The van der Waals surface area contributed by atoms with Crippen LogP contribution in [0.1, 0.15) is 32.6 Å². The van der Waals surface area contributed by atoms with Crippen LogP contribution in [0.25, 0.3) is 0 Å². The highest BCUT2D eigenvalue weighted by Crippen LogP contribution is 2.32. The first-order valence-electron chi connectivity index (χ1n) is 5.62. The third-order valence-corrected chi connectivity index (χ3v) is 4.24. The molecule has 2 rings (SSSR count). The number of nitrogens with zero attached hydrogens (tertiary/aromatic N) is 1. The Balaban J connectivity index is 1.69. The van der Waals surface area contributed by atoms with Crippen molar-refractivity contribution in [2.24, 2.45) is 11.8 Å². The third-order valence-electron chi connectivity index (χ3n) is 3.50. The molecule has 1 saturated carbocycles. The van der Waals surface area contributed by atoms with E-state index in [0.717, 1.165) is 16.7 Å². The molecule has 1 aliphatic heterocycles. The number of hydrogen-bond donors (Lipinski definition) is 0. The lowest BCUT2D eigenvalue weighted by molar-refractivity contribution is 0.179. The lowest BCUT2D eigenvalue weighted by Gasteiger charge is -2.33. The van der Waals surface area contributed by atoms with E-state index in [1.807, 2.05) is 0 Å². The normalized spacial score (nSPS) is 29.1. The SMILES string of the molecule is CC(Br)C1CCN(CC2CC2)CC1.